The third kappa shape index (κ3) is 1.99. The summed E-state index contributed by atoms with van der Waals surface area (Å²) in [7, 11) is 1.92. The third-order valence-electron chi connectivity index (χ3n) is 1.64. The summed E-state index contributed by atoms with van der Waals surface area (Å²) in [6.07, 6.45) is 5.72. The van der Waals surface area contributed by atoms with E-state index in [1.807, 2.05) is 37.4 Å². The Morgan fingerprint density at radius 2 is 2.08 bits per heavy atom. The van der Waals surface area contributed by atoms with E-state index in [0.717, 1.165) is 5.69 Å². The second kappa shape index (κ2) is 4.39. The molecule has 1 aromatic carbocycles. The zero-order valence-electron chi connectivity index (χ0n) is 7.25. The molecule has 1 rings (SSSR count). The van der Waals surface area contributed by atoms with E-state index in [-0.39, 0.29) is 0 Å². The van der Waals surface area contributed by atoms with Crippen molar-refractivity contribution in [2.24, 2.45) is 0 Å². The van der Waals surface area contributed by atoms with Gasteiger partial charge < -0.3 is 5.32 Å². The van der Waals surface area contributed by atoms with E-state index >= 15 is 0 Å². The smallest absolute Gasteiger partial charge is 0.0411 e. The standard InChI is InChI=1S/C11H13N/c1-3-4-7-10-8-5-6-9-11(10)12-2/h3-9,12H,1H2,2H3/b7-4-. The largest absolute Gasteiger partial charge is 0.388 e. The molecule has 1 N–H and O–H groups in total. The minimum atomic E-state index is 1.13. The van der Waals surface area contributed by atoms with Crippen LogP contribution in [-0.4, -0.2) is 7.05 Å². The van der Waals surface area contributed by atoms with Crippen LogP contribution in [0.25, 0.3) is 6.08 Å². The second-order valence-electron chi connectivity index (χ2n) is 2.43. The summed E-state index contributed by atoms with van der Waals surface area (Å²) < 4.78 is 0. The number of benzene rings is 1. The summed E-state index contributed by atoms with van der Waals surface area (Å²) in [5, 5.41) is 3.12. The molecule has 0 spiro atoms. The lowest BCUT2D eigenvalue weighted by molar-refractivity contribution is 1.49. The van der Waals surface area contributed by atoms with Crippen LogP contribution in [-0.2, 0) is 0 Å². The Bertz CT molecular complexity index is 287. The van der Waals surface area contributed by atoms with Gasteiger partial charge in [-0.15, -0.1) is 0 Å². The van der Waals surface area contributed by atoms with Crippen LogP contribution in [0.15, 0.2) is 43.0 Å². The predicted molar refractivity (Wildman–Crippen MR) is 55.2 cm³/mol. The molecule has 0 aliphatic rings. The van der Waals surface area contributed by atoms with Gasteiger partial charge >= 0.3 is 0 Å². The first-order valence-electron chi connectivity index (χ1n) is 3.94. The fraction of sp³-hybridized carbons (Fsp3) is 0.0909. The molecule has 0 atom stereocenters. The van der Waals surface area contributed by atoms with Crippen molar-refractivity contribution in [2.45, 2.75) is 0 Å². The molecule has 0 saturated carbocycles. The number of allylic oxidation sites excluding steroid dienone is 2. The normalized spacial score (nSPS) is 10.1. The Labute approximate surface area is 73.4 Å². The van der Waals surface area contributed by atoms with Crippen molar-refractivity contribution >= 4 is 11.8 Å². The fourth-order valence-electron chi connectivity index (χ4n) is 1.04. The highest BCUT2D eigenvalue weighted by Gasteiger charge is 1.92. The summed E-state index contributed by atoms with van der Waals surface area (Å²) in [5.74, 6) is 0. The maximum absolute atomic E-state index is 3.62. The van der Waals surface area contributed by atoms with E-state index in [1.165, 1.54) is 5.56 Å². The SMILES string of the molecule is C=C/C=C\c1ccccc1NC. The molecular weight excluding hydrogens is 146 g/mol. The maximum atomic E-state index is 3.62. The zero-order valence-corrected chi connectivity index (χ0v) is 7.25. The Morgan fingerprint density at radius 1 is 1.33 bits per heavy atom. The lowest BCUT2D eigenvalue weighted by Gasteiger charge is -2.03. The maximum Gasteiger partial charge on any atom is 0.0411 e. The highest BCUT2D eigenvalue weighted by atomic mass is 14.8. The van der Waals surface area contributed by atoms with Gasteiger partial charge in [-0.25, -0.2) is 0 Å². The summed E-state index contributed by atoms with van der Waals surface area (Å²) in [4.78, 5) is 0. The van der Waals surface area contributed by atoms with Gasteiger partial charge in [-0.1, -0.05) is 43.0 Å². The van der Waals surface area contributed by atoms with Gasteiger partial charge in [0.05, 0.1) is 0 Å². The van der Waals surface area contributed by atoms with E-state index in [4.69, 9.17) is 0 Å². The van der Waals surface area contributed by atoms with Crippen molar-refractivity contribution in [3.63, 3.8) is 0 Å². The molecule has 0 unspecified atom stereocenters. The van der Waals surface area contributed by atoms with Gasteiger partial charge in [0, 0.05) is 12.7 Å². The predicted octanol–water partition coefficient (Wildman–Crippen LogP) is 2.93. The van der Waals surface area contributed by atoms with Gasteiger partial charge in [-0.05, 0) is 11.6 Å². The van der Waals surface area contributed by atoms with Crippen molar-refractivity contribution in [1.82, 2.24) is 0 Å². The molecule has 0 bridgehead atoms. The summed E-state index contributed by atoms with van der Waals surface area (Å²) >= 11 is 0. The quantitative estimate of drug-likeness (QED) is 0.668. The molecule has 1 nitrogen and oxygen atoms in total. The second-order valence-corrected chi connectivity index (χ2v) is 2.43. The Hall–Kier alpha value is -1.50. The van der Waals surface area contributed by atoms with Gasteiger partial charge in [0.1, 0.15) is 0 Å². The number of nitrogens with one attached hydrogen (secondary N) is 1. The number of anilines is 1. The average Bonchev–Trinajstić information content (AvgIpc) is 2.15. The minimum absolute atomic E-state index is 1.13. The van der Waals surface area contributed by atoms with Crippen LogP contribution in [0.3, 0.4) is 0 Å². The molecule has 62 valence electrons. The van der Waals surface area contributed by atoms with E-state index in [2.05, 4.69) is 18.0 Å². The van der Waals surface area contributed by atoms with Gasteiger partial charge in [0.2, 0.25) is 0 Å². The molecule has 0 heterocycles. The Kier molecular flexibility index (Phi) is 3.15. The van der Waals surface area contributed by atoms with Crippen molar-refractivity contribution in [1.29, 1.82) is 0 Å². The van der Waals surface area contributed by atoms with E-state index < -0.39 is 0 Å². The molecule has 0 fully saturated rings. The first-order valence-corrected chi connectivity index (χ1v) is 3.94. The Balaban J connectivity index is 2.96. The molecule has 1 heteroatoms. The van der Waals surface area contributed by atoms with Gasteiger partial charge in [0.15, 0.2) is 0 Å². The zero-order chi connectivity index (χ0) is 8.81. The molecule has 0 aliphatic carbocycles. The average molecular weight is 159 g/mol. The molecule has 0 radical (unpaired) electrons. The number of rotatable bonds is 3. The highest BCUT2D eigenvalue weighted by molar-refractivity contribution is 5.66. The van der Waals surface area contributed by atoms with Crippen LogP contribution in [0.5, 0.6) is 0 Å². The highest BCUT2D eigenvalue weighted by Crippen LogP contribution is 2.15. The first kappa shape index (κ1) is 8.60. The van der Waals surface area contributed by atoms with Gasteiger partial charge in [-0.2, -0.15) is 0 Å². The molecule has 0 aliphatic heterocycles. The molecule has 1 aromatic rings. The van der Waals surface area contributed by atoms with E-state index in [9.17, 15) is 0 Å². The number of hydrogen-bond donors (Lipinski definition) is 1. The summed E-state index contributed by atoms with van der Waals surface area (Å²) in [6, 6.07) is 8.13. The van der Waals surface area contributed by atoms with Crippen LogP contribution < -0.4 is 5.32 Å². The van der Waals surface area contributed by atoms with Crippen LogP contribution in [0.2, 0.25) is 0 Å². The fourth-order valence-corrected chi connectivity index (χ4v) is 1.04. The lowest BCUT2D eigenvalue weighted by Crippen LogP contribution is -1.89. The summed E-state index contributed by atoms with van der Waals surface area (Å²) in [6.45, 7) is 3.62. The molecule has 0 amide bonds. The summed E-state index contributed by atoms with van der Waals surface area (Å²) in [5.41, 5.74) is 2.32. The van der Waals surface area contributed by atoms with Gasteiger partial charge in [0.25, 0.3) is 0 Å². The van der Waals surface area contributed by atoms with Crippen LogP contribution >= 0.6 is 0 Å². The first-order chi connectivity index (χ1) is 5.88. The van der Waals surface area contributed by atoms with Crippen LogP contribution in [0.4, 0.5) is 5.69 Å². The Morgan fingerprint density at radius 3 is 2.75 bits per heavy atom. The topological polar surface area (TPSA) is 12.0 Å². The van der Waals surface area contributed by atoms with E-state index in [0.29, 0.717) is 0 Å². The minimum Gasteiger partial charge on any atom is -0.388 e. The molecular formula is C11H13N. The molecule has 12 heavy (non-hydrogen) atoms. The number of hydrogen-bond acceptors (Lipinski definition) is 1. The van der Waals surface area contributed by atoms with Crippen molar-refractivity contribution < 1.29 is 0 Å². The lowest BCUT2D eigenvalue weighted by atomic mass is 10.1. The van der Waals surface area contributed by atoms with Crippen molar-refractivity contribution in [3.05, 3.63) is 48.6 Å². The van der Waals surface area contributed by atoms with E-state index in [1.54, 1.807) is 6.08 Å². The van der Waals surface area contributed by atoms with Crippen molar-refractivity contribution in [3.8, 4) is 0 Å². The van der Waals surface area contributed by atoms with Crippen LogP contribution in [0, 0.1) is 0 Å². The number of para-hydroxylation sites is 1. The monoisotopic (exact) mass is 159 g/mol. The van der Waals surface area contributed by atoms with Gasteiger partial charge in [-0.3, -0.25) is 0 Å². The van der Waals surface area contributed by atoms with Crippen LogP contribution in [0.1, 0.15) is 5.56 Å². The third-order valence-corrected chi connectivity index (χ3v) is 1.64. The van der Waals surface area contributed by atoms with Crippen molar-refractivity contribution in [2.75, 3.05) is 12.4 Å². The molecule has 0 saturated heterocycles. The molecule has 0 aromatic heterocycles.